The average Bonchev–Trinajstić information content (AvgIpc) is 2.02. The lowest BCUT2D eigenvalue weighted by molar-refractivity contribution is -0.388. The smallest absolute Gasteiger partial charge is 0.387 e. The highest BCUT2D eigenvalue weighted by Gasteiger charge is 2.25. The van der Waals surface area contributed by atoms with Crippen molar-refractivity contribution in [2.75, 3.05) is 5.73 Å². The topological polar surface area (TPSA) is 82.0 Å². The maximum absolute atomic E-state index is 12.4. The zero-order valence-electron chi connectivity index (χ0n) is 6.58. The van der Waals surface area contributed by atoms with Crippen LogP contribution in [0.4, 0.5) is 20.3 Å². The Labute approximate surface area is 90.6 Å². The Morgan fingerprint density at radius 1 is 1.64 bits per heavy atom. The number of rotatable bonds is 2. The molecule has 0 radical (unpaired) electrons. The molecule has 1 aromatic rings. The molecule has 2 N–H and O–H groups in total. The molecule has 5 nitrogen and oxygen atoms in total. The number of nitrogen functional groups attached to an aromatic ring is 1. The lowest BCUT2D eigenvalue weighted by Gasteiger charge is -2.05. The van der Waals surface area contributed by atoms with Crippen LogP contribution >= 0.6 is 22.6 Å². The third-order valence-corrected chi connectivity index (χ3v) is 2.34. The van der Waals surface area contributed by atoms with Crippen LogP contribution in [-0.4, -0.2) is 9.91 Å². The molecule has 0 aliphatic rings. The molecule has 0 bridgehead atoms. The van der Waals surface area contributed by atoms with Gasteiger partial charge in [-0.15, -0.1) is 0 Å². The number of nitrogens with two attached hydrogens (primary N) is 1. The Hall–Kier alpha value is -1.06. The van der Waals surface area contributed by atoms with Crippen molar-refractivity contribution in [3.63, 3.8) is 0 Å². The van der Waals surface area contributed by atoms with Gasteiger partial charge in [0, 0.05) is 0 Å². The number of anilines is 1. The molecule has 0 saturated heterocycles. The molecular weight excluding hydrogens is 311 g/mol. The van der Waals surface area contributed by atoms with Gasteiger partial charge in [-0.2, -0.15) is 0 Å². The molecule has 0 saturated carbocycles. The first kappa shape index (κ1) is 11.0. The summed E-state index contributed by atoms with van der Waals surface area (Å²) in [6.45, 7) is 0. The Kier molecular flexibility index (Phi) is 3.13. The van der Waals surface area contributed by atoms with E-state index in [-0.39, 0.29) is 3.57 Å². The summed E-state index contributed by atoms with van der Waals surface area (Å²) in [5, 5.41) is 10.3. The number of nitro groups is 1. The van der Waals surface area contributed by atoms with Crippen molar-refractivity contribution in [3.8, 4) is 0 Å². The molecule has 1 aromatic heterocycles. The summed E-state index contributed by atoms with van der Waals surface area (Å²) in [5.41, 5.74) is 4.09. The minimum absolute atomic E-state index is 0.112. The number of hydrogen-bond donors (Lipinski definition) is 1. The second kappa shape index (κ2) is 3.98. The molecule has 1 heterocycles. The van der Waals surface area contributed by atoms with E-state index in [0.717, 1.165) is 6.20 Å². The van der Waals surface area contributed by atoms with Crippen LogP contribution in [0.5, 0.6) is 0 Å². The van der Waals surface area contributed by atoms with E-state index in [1.807, 2.05) is 0 Å². The van der Waals surface area contributed by atoms with Crippen LogP contribution in [-0.2, 0) is 0 Å². The highest BCUT2D eigenvalue weighted by Crippen LogP contribution is 2.33. The summed E-state index contributed by atoms with van der Waals surface area (Å²) in [5.74, 6) is -0.735. The van der Waals surface area contributed by atoms with E-state index in [1.165, 1.54) is 0 Å². The summed E-state index contributed by atoms with van der Waals surface area (Å²) in [6.07, 6.45) is -1.85. The first-order chi connectivity index (χ1) is 6.45. The van der Waals surface area contributed by atoms with Crippen LogP contribution in [0.3, 0.4) is 0 Å². The number of aromatic nitrogens is 1. The van der Waals surface area contributed by atoms with Gasteiger partial charge in [0.05, 0.1) is 9.13 Å². The number of nitrogens with zero attached hydrogens (tertiary/aromatic N) is 2. The van der Waals surface area contributed by atoms with Gasteiger partial charge < -0.3 is 15.8 Å². The van der Waals surface area contributed by atoms with Crippen LogP contribution in [0.15, 0.2) is 6.20 Å². The molecule has 1 rings (SSSR count). The van der Waals surface area contributed by atoms with Crippen molar-refractivity contribution >= 4 is 34.1 Å². The summed E-state index contributed by atoms with van der Waals surface area (Å²) in [4.78, 5) is 12.8. The average molecular weight is 315 g/mol. The highest BCUT2D eigenvalue weighted by atomic mass is 127. The Balaban J connectivity index is 3.41. The zero-order chi connectivity index (χ0) is 10.9. The van der Waals surface area contributed by atoms with Crippen LogP contribution in [0.1, 0.15) is 12.0 Å². The van der Waals surface area contributed by atoms with Crippen LogP contribution in [0.2, 0.25) is 0 Å². The van der Waals surface area contributed by atoms with E-state index >= 15 is 0 Å². The molecule has 0 fully saturated rings. The Morgan fingerprint density at radius 2 is 2.21 bits per heavy atom. The number of alkyl halides is 2. The minimum atomic E-state index is -2.84. The van der Waals surface area contributed by atoms with Crippen molar-refractivity contribution < 1.29 is 13.7 Å². The van der Waals surface area contributed by atoms with Crippen LogP contribution in [0, 0.1) is 13.7 Å². The molecule has 0 aliphatic carbocycles. The quantitative estimate of drug-likeness (QED) is 0.515. The van der Waals surface area contributed by atoms with Gasteiger partial charge in [0.25, 0.3) is 6.43 Å². The van der Waals surface area contributed by atoms with Gasteiger partial charge in [0.2, 0.25) is 0 Å². The standard InChI is InChI=1S/C6H4F2IN3O2/c7-5(8)3-2(9)1-11-6(4(3)10)12(13)14/h1,5H,10H2. The van der Waals surface area contributed by atoms with E-state index in [2.05, 4.69) is 4.98 Å². The molecule has 0 spiro atoms. The molecule has 8 heteroatoms. The summed E-state index contributed by atoms with van der Waals surface area (Å²) < 4.78 is 24.9. The maximum Gasteiger partial charge on any atom is 0.387 e. The third kappa shape index (κ3) is 1.89. The molecule has 0 aliphatic heterocycles. The van der Waals surface area contributed by atoms with Gasteiger partial charge >= 0.3 is 5.82 Å². The highest BCUT2D eigenvalue weighted by molar-refractivity contribution is 14.1. The number of pyridine rings is 1. The van der Waals surface area contributed by atoms with Crippen molar-refractivity contribution in [2.45, 2.75) is 6.43 Å². The monoisotopic (exact) mass is 315 g/mol. The van der Waals surface area contributed by atoms with Gasteiger partial charge in [-0.25, -0.2) is 8.78 Å². The zero-order valence-corrected chi connectivity index (χ0v) is 8.73. The first-order valence-electron chi connectivity index (χ1n) is 3.31. The predicted octanol–water partition coefficient (Wildman–Crippen LogP) is 2.11. The van der Waals surface area contributed by atoms with Crippen molar-refractivity contribution in [1.82, 2.24) is 4.98 Å². The van der Waals surface area contributed by atoms with E-state index in [0.29, 0.717) is 0 Å². The third-order valence-electron chi connectivity index (χ3n) is 1.48. The van der Waals surface area contributed by atoms with Gasteiger partial charge in [-0.1, -0.05) is 0 Å². The maximum atomic E-state index is 12.4. The molecule has 0 amide bonds. The van der Waals surface area contributed by atoms with Crippen LogP contribution in [0.25, 0.3) is 0 Å². The van der Waals surface area contributed by atoms with Gasteiger partial charge in [0.1, 0.15) is 5.69 Å². The Morgan fingerprint density at radius 3 is 2.64 bits per heavy atom. The van der Waals surface area contributed by atoms with E-state index in [1.54, 1.807) is 22.6 Å². The summed E-state index contributed by atoms with van der Waals surface area (Å²) >= 11 is 1.60. The van der Waals surface area contributed by atoms with Crippen molar-refractivity contribution in [2.24, 2.45) is 0 Å². The lowest BCUT2D eigenvalue weighted by Crippen LogP contribution is -2.05. The molecule has 14 heavy (non-hydrogen) atoms. The fourth-order valence-corrected chi connectivity index (χ4v) is 1.54. The molecule has 0 atom stereocenters. The minimum Gasteiger partial charge on any atom is -0.391 e. The summed E-state index contributed by atoms with van der Waals surface area (Å²) in [6, 6.07) is 0. The number of hydrogen-bond acceptors (Lipinski definition) is 4. The van der Waals surface area contributed by atoms with Crippen LogP contribution < -0.4 is 5.73 Å². The fraction of sp³-hybridized carbons (Fsp3) is 0.167. The SMILES string of the molecule is Nc1c([N+](=O)[O-])ncc(I)c1C(F)F. The van der Waals surface area contributed by atoms with Crippen molar-refractivity contribution in [1.29, 1.82) is 0 Å². The molecule has 76 valence electrons. The molecular formula is C6H4F2IN3O2. The Bertz CT molecular complexity index is 386. The first-order valence-corrected chi connectivity index (χ1v) is 4.39. The largest absolute Gasteiger partial charge is 0.391 e. The summed E-state index contributed by atoms with van der Waals surface area (Å²) in [7, 11) is 0. The van der Waals surface area contributed by atoms with E-state index in [4.69, 9.17) is 5.73 Å². The second-order valence-electron chi connectivity index (χ2n) is 2.31. The predicted molar refractivity (Wildman–Crippen MR) is 53.0 cm³/mol. The van der Waals surface area contributed by atoms with E-state index in [9.17, 15) is 18.9 Å². The van der Waals surface area contributed by atoms with E-state index < -0.39 is 28.4 Å². The van der Waals surface area contributed by atoms with Gasteiger partial charge in [-0.05, 0) is 32.5 Å². The normalized spacial score (nSPS) is 10.6. The molecule has 0 aromatic carbocycles. The van der Waals surface area contributed by atoms with Crippen molar-refractivity contribution in [3.05, 3.63) is 25.4 Å². The van der Waals surface area contributed by atoms with Gasteiger partial charge in [0.15, 0.2) is 6.20 Å². The lowest BCUT2D eigenvalue weighted by atomic mass is 10.2. The van der Waals surface area contributed by atoms with Gasteiger partial charge in [-0.3, -0.25) is 0 Å². The number of halogens is 3. The fourth-order valence-electron chi connectivity index (χ4n) is 0.873. The molecule has 0 unspecified atom stereocenters. The second-order valence-corrected chi connectivity index (χ2v) is 3.48.